The van der Waals surface area contributed by atoms with Crippen LogP contribution in [-0.2, 0) is 12.8 Å². The molecule has 0 aliphatic heterocycles. The summed E-state index contributed by atoms with van der Waals surface area (Å²) in [6, 6.07) is 5.90. The first-order valence-electron chi connectivity index (χ1n) is 5.93. The summed E-state index contributed by atoms with van der Waals surface area (Å²) in [5, 5.41) is 2.59. The van der Waals surface area contributed by atoms with Crippen molar-refractivity contribution in [2.75, 3.05) is 12.4 Å². The van der Waals surface area contributed by atoms with Gasteiger partial charge in [0.05, 0.1) is 0 Å². The van der Waals surface area contributed by atoms with E-state index in [4.69, 9.17) is 16.3 Å². The fourth-order valence-corrected chi connectivity index (χ4v) is 2.22. The van der Waals surface area contributed by atoms with Crippen LogP contribution in [0.3, 0.4) is 0 Å². The zero-order chi connectivity index (χ0) is 12.1. The molecule has 0 heterocycles. The first-order chi connectivity index (χ1) is 8.31. The van der Waals surface area contributed by atoms with Crippen LogP contribution in [0.5, 0.6) is 5.75 Å². The molecule has 1 aromatic rings. The Morgan fingerprint density at radius 2 is 2.18 bits per heavy atom. The van der Waals surface area contributed by atoms with Gasteiger partial charge in [0.2, 0.25) is 0 Å². The third-order valence-corrected chi connectivity index (χ3v) is 3.11. The van der Waals surface area contributed by atoms with E-state index < -0.39 is 6.09 Å². The minimum absolute atomic E-state index is 0.391. The standard InChI is InChI=1S/C13H16ClNO2/c14-8-9-15-13(16)17-12-7-3-5-10-4-1-2-6-11(10)12/h3,5,7H,1-2,4,6,8-9H2,(H,15,16). The largest absolute Gasteiger partial charge is 0.412 e. The second-order valence-electron chi connectivity index (χ2n) is 4.11. The van der Waals surface area contributed by atoms with E-state index in [0.717, 1.165) is 19.3 Å². The monoisotopic (exact) mass is 253 g/mol. The predicted molar refractivity (Wildman–Crippen MR) is 67.8 cm³/mol. The molecule has 4 heteroatoms. The highest BCUT2D eigenvalue weighted by atomic mass is 35.5. The normalized spacial score (nSPS) is 13.9. The summed E-state index contributed by atoms with van der Waals surface area (Å²) in [6.45, 7) is 0.426. The molecule has 2 rings (SSSR count). The van der Waals surface area contributed by atoms with Crippen molar-refractivity contribution in [1.82, 2.24) is 5.32 Å². The van der Waals surface area contributed by atoms with Gasteiger partial charge in [0.25, 0.3) is 0 Å². The molecular weight excluding hydrogens is 238 g/mol. The lowest BCUT2D eigenvalue weighted by atomic mass is 9.91. The average Bonchev–Trinajstić information content (AvgIpc) is 2.37. The van der Waals surface area contributed by atoms with Crippen molar-refractivity contribution in [3.8, 4) is 5.75 Å². The fourth-order valence-electron chi connectivity index (χ4n) is 2.13. The van der Waals surface area contributed by atoms with E-state index in [2.05, 4.69) is 11.4 Å². The Morgan fingerprint density at radius 3 is 3.00 bits per heavy atom. The Balaban J connectivity index is 2.08. The van der Waals surface area contributed by atoms with Gasteiger partial charge in [-0.3, -0.25) is 0 Å². The summed E-state index contributed by atoms with van der Waals surface area (Å²) in [4.78, 5) is 11.5. The van der Waals surface area contributed by atoms with E-state index in [1.54, 1.807) is 0 Å². The van der Waals surface area contributed by atoms with Crippen molar-refractivity contribution < 1.29 is 9.53 Å². The number of rotatable bonds is 3. The van der Waals surface area contributed by atoms with Gasteiger partial charge >= 0.3 is 6.09 Å². The van der Waals surface area contributed by atoms with Crippen LogP contribution in [0.25, 0.3) is 0 Å². The maximum atomic E-state index is 11.5. The number of alkyl halides is 1. The molecule has 0 fully saturated rings. The number of carbonyl (C=O) groups is 1. The molecule has 0 aromatic heterocycles. The Kier molecular flexibility index (Phi) is 4.26. The number of aryl methyl sites for hydroxylation is 1. The molecule has 0 saturated carbocycles. The zero-order valence-electron chi connectivity index (χ0n) is 9.67. The molecule has 0 bridgehead atoms. The van der Waals surface area contributed by atoms with Crippen LogP contribution in [0.15, 0.2) is 18.2 Å². The van der Waals surface area contributed by atoms with Gasteiger partial charge in [-0.25, -0.2) is 4.79 Å². The van der Waals surface area contributed by atoms with Gasteiger partial charge in [-0.2, -0.15) is 0 Å². The van der Waals surface area contributed by atoms with Gasteiger partial charge < -0.3 is 10.1 Å². The van der Waals surface area contributed by atoms with Gasteiger partial charge in [-0.15, -0.1) is 11.6 Å². The molecule has 0 unspecified atom stereocenters. The number of halogens is 1. The summed E-state index contributed by atoms with van der Waals surface area (Å²) < 4.78 is 5.31. The molecule has 17 heavy (non-hydrogen) atoms. The Morgan fingerprint density at radius 1 is 1.35 bits per heavy atom. The van der Waals surface area contributed by atoms with E-state index in [1.807, 2.05) is 12.1 Å². The Labute approximate surface area is 106 Å². The second kappa shape index (κ2) is 5.92. The Hall–Kier alpha value is -1.22. The smallest absolute Gasteiger partial charge is 0.410 e. The lowest BCUT2D eigenvalue weighted by molar-refractivity contribution is 0.200. The molecule has 0 atom stereocenters. The van der Waals surface area contributed by atoms with E-state index in [-0.39, 0.29) is 0 Å². The van der Waals surface area contributed by atoms with Gasteiger partial charge in [0.15, 0.2) is 0 Å². The maximum absolute atomic E-state index is 11.5. The minimum Gasteiger partial charge on any atom is -0.410 e. The SMILES string of the molecule is O=C(NCCCl)Oc1cccc2c1CCCC2. The number of hydrogen-bond donors (Lipinski definition) is 1. The third-order valence-electron chi connectivity index (χ3n) is 2.92. The second-order valence-corrected chi connectivity index (χ2v) is 4.48. The number of nitrogens with one attached hydrogen (secondary N) is 1. The van der Waals surface area contributed by atoms with Crippen LogP contribution >= 0.6 is 11.6 Å². The van der Waals surface area contributed by atoms with Crippen LogP contribution < -0.4 is 10.1 Å². The number of ether oxygens (including phenoxy) is 1. The number of benzene rings is 1. The number of amides is 1. The summed E-state index contributed by atoms with van der Waals surface area (Å²) in [5.41, 5.74) is 2.48. The molecule has 1 amide bonds. The molecule has 1 aromatic carbocycles. The number of hydrogen-bond acceptors (Lipinski definition) is 2. The highest BCUT2D eigenvalue weighted by Crippen LogP contribution is 2.29. The number of carbonyl (C=O) groups excluding carboxylic acids is 1. The summed E-state index contributed by atoms with van der Waals surface area (Å²) in [6.07, 6.45) is 4.03. The first kappa shape index (κ1) is 12.2. The molecule has 1 N–H and O–H groups in total. The molecular formula is C13H16ClNO2. The zero-order valence-corrected chi connectivity index (χ0v) is 10.4. The van der Waals surface area contributed by atoms with Gasteiger partial charge in [0.1, 0.15) is 5.75 Å². The van der Waals surface area contributed by atoms with Gasteiger partial charge in [0, 0.05) is 12.4 Å². The lowest BCUT2D eigenvalue weighted by Crippen LogP contribution is -2.29. The van der Waals surface area contributed by atoms with Crippen LogP contribution in [0, 0.1) is 0 Å². The van der Waals surface area contributed by atoms with Gasteiger partial charge in [-0.05, 0) is 42.9 Å². The first-order valence-corrected chi connectivity index (χ1v) is 6.47. The van der Waals surface area contributed by atoms with Crippen LogP contribution in [-0.4, -0.2) is 18.5 Å². The minimum atomic E-state index is -0.426. The molecule has 3 nitrogen and oxygen atoms in total. The van der Waals surface area contributed by atoms with Crippen LogP contribution in [0.4, 0.5) is 4.79 Å². The molecule has 1 aliphatic rings. The average molecular weight is 254 g/mol. The van der Waals surface area contributed by atoms with Crippen LogP contribution in [0.2, 0.25) is 0 Å². The third kappa shape index (κ3) is 3.13. The fraction of sp³-hybridized carbons (Fsp3) is 0.462. The summed E-state index contributed by atoms with van der Waals surface area (Å²) in [7, 11) is 0. The summed E-state index contributed by atoms with van der Waals surface area (Å²) >= 11 is 5.49. The van der Waals surface area contributed by atoms with E-state index in [9.17, 15) is 4.79 Å². The summed E-state index contributed by atoms with van der Waals surface area (Å²) in [5.74, 6) is 1.08. The molecule has 0 saturated heterocycles. The topological polar surface area (TPSA) is 38.3 Å². The highest BCUT2D eigenvalue weighted by Gasteiger charge is 2.15. The van der Waals surface area contributed by atoms with E-state index in [0.29, 0.717) is 18.2 Å². The quantitative estimate of drug-likeness (QED) is 0.842. The van der Waals surface area contributed by atoms with Gasteiger partial charge in [-0.1, -0.05) is 12.1 Å². The lowest BCUT2D eigenvalue weighted by Gasteiger charge is -2.18. The van der Waals surface area contributed by atoms with E-state index in [1.165, 1.54) is 17.5 Å². The molecule has 1 aliphatic carbocycles. The molecule has 0 radical (unpaired) electrons. The van der Waals surface area contributed by atoms with E-state index >= 15 is 0 Å². The molecule has 92 valence electrons. The van der Waals surface area contributed by atoms with Crippen molar-refractivity contribution in [3.63, 3.8) is 0 Å². The maximum Gasteiger partial charge on any atom is 0.412 e. The highest BCUT2D eigenvalue weighted by molar-refractivity contribution is 6.18. The van der Waals surface area contributed by atoms with Crippen LogP contribution in [0.1, 0.15) is 24.0 Å². The van der Waals surface area contributed by atoms with Crippen molar-refractivity contribution in [1.29, 1.82) is 0 Å². The van der Waals surface area contributed by atoms with Crippen molar-refractivity contribution >= 4 is 17.7 Å². The van der Waals surface area contributed by atoms with Crippen molar-refractivity contribution in [2.45, 2.75) is 25.7 Å². The van der Waals surface area contributed by atoms with Crippen molar-refractivity contribution in [2.24, 2.45) is 0 Å². The van der Waals surface area contributed by atoms with Crippen molar-refractivity contribution in [3.05, 3.63) is 29.3 Å². The predicted octanol–water partition coefficient (Wildman–Crippen LogP) is 2.89. The number of fused-ring (bicyclic) bond motifs is 1. The Bertz CT molecular complexity index is 406. The molecule has 0 spiro atoms.